The smallest absolute Gasteiger partial charge is 0.340 e. The van der Waals surface area contributed by atoms with Crippen molar-refractivity contribution in [1.82, 2.24) is 5.32 Å². The van der Waals surface area contributed by atoms with Gasteiger partial charge < -0.3 is 15.4 Å². The Hall–Kier alpha value is -3.61. The van der Waals surface area contributed by atoms with Crippen molar-refractivity contribution >= 4 is 39.2 Å². The Morgan fingerprint density at radius 2 is 1.61 bits per heavy atom. The minimum Gasteiger partial charge on any atom is -0.452 e. The summed E-state index contributed by atoms with van der Waals surface area (Å²) in [4.78, 5) is 35.6. The predicted octanol–water partition coefficient (Wildman–Crippen LogP) is 1.39. The van der Waals surface area contributed by atoms with E-state index in [1.807, 2.05) is 5.32 Å². The molecule has 2 amide bonds. The van der Waals surface area contributed by atoms with Crippen LogP contribution in [0.3, 0.4) is 0 Å². The number of nitrogens with one attached hydrogen (secondary N) is 3. The van der Waals surface area contributed by atoms with Gasteiger partial charge in [-0.05, 0) is 24.3 Å². The average Bonchev–Trinajstić information content (AvgIpc) is 2.70. The second-order valence-electron chi connectivity index (χ2n) is 6.04. The molecule has 0 atom stereocenters. The van der Waals surface area contributed by atoms with Crippen molar-refractivity contribution in [3.8, 4) is 0 Å². The standard InChI is InChI=1S/C18H16F3N3O6S/c1-31(28,29)24-12-5-3-2-4-10(12)18(27)30-9-15(26)22-8-14(25)23-13-7-6-11(19)16(20)17(13)21/h2-7,24H,8-9H2,1H3,(H,22,26)(H,23,25). The summed E-state index contributed by atoms with van der Waals surface area (Å²) in [5.74, 6) is -7.65. The second kappa shape index (κ2) is 9.93. The first-order valence-electron chi connectivity index (χ1n) is 8.42. The number of anilines is 2. The van der Waals surface area contributed by atoms with Gasteiger partial charge in [0.25, 0.3) is 5.91 Å². The lowest BCUT2D eigenvalue weighted by molar-refractivity contribution is -0.126. The maximum absolute atomic E-state index is 13.5. The molecule has 0 aliphatic rings. The van der Waals surface area contributed by atoms with Gasteiger partial charge in [0.05, 0.1) is 29.7 Å². The number of benzene rings is 2. The number of halogens is 3. The first kappa shape index (κ1) is 23.7. The van der Waals surface area contributed by atoms with E-state index in [1.165, 1.54) is 24.3 Å². The van der Waals surface area contributed by atoms with Crippen molar-refractivity contribution in [3.05, 3.63) is 59.4 Å². The van der Waals surface area contributed by atoms with Gasteiger partial charge in [-0.2, -0.15) is 0 Å². The topological polar surface area (TPSA) is 131 Å². The Bertz CT molecular complexity index is 1120. The SMILES string of the molecule is CS(=O)(=O)Nc1ccccc1C(=O)OCC(=O)NCC(=O)Nc1ccc(F)c(F)c1F. The van der Waals surface area contributed by atoms with E-state index in [4.69, 9.17) is 4.74 Å². The summed E-state index contributed by atoms with van der Waals surface area (Å²) in [6.45, 7) is -1.49. The second-order valence-corrected chi connectivity index (χ2v) is 7.79. The lowest BCUT2D eigenvalue weighted by Gasteiger charge is -2.11. The fraction of sp³-hybridized carbons (Fsp3) is 0.167. The maximum atomic E-state index is 13.5. The van der Waals surface area contributed by atoms with E-state index in [0.29, 0.717) is 6.07 Å². The summed E-state index contributed by atoms with van der Waals surface area (Å²) in [5, 5.41) is 4.02. The van der Waals surface area contributed by atoms with Crippen LogP contribution < -0.4 is 15.4 Å². The Morgan fingerprint density at radius 1 is 0.935 bits per heavy atom. The van der Waals surface area contributed by atoms with E-state index in [-0.39, 0.29) is 11.3 Å². The molecule has 2 aromatic rings. The van der Waals surface area contributed by atoms with Crippen molar-refractivity contribution in [2.75, 3.05) is 29.4 Å². The molecule has 0 saturated heterocycles. The van der Waals surface area contributed by atoms with Crippen LogP contribution in [0.25, 0.3) is 0 Å². The van der Waals surface area contributed by atoms with Crippen molar-refractivity contribution < 1.29 is 40.7 Å². The molecule has 2 rings (SSSR count). The largest absolute Gasteiger partial charge is 0.452 e. The van der Waals surface area contributed by atoms with Crippen molar-refractivity contribution in [2.45, 2.75) is 0 Å². The minimum absolute atomic E-state index is 0.0525. The maximum Gasteiger partial charge on any atom is 0.340 e. The third-order valence-electron chi connectivity index (χ3n) is 3.53. The number of carbonyl (C=O) groups excluding carboxylic acids is 3. The number of hydrogen-bond acceptors (Lipinski definition) is 6. The van der Waals surface area contributed by atoms with Crippen LogP contribution in [0, 0.1) is 17.5 Å². The molecular weight excluding hydrogens is 443 g/mol. The highest BCUT2D eigenvalue weighted by Crippen LogP contribution is 2.19. The van der Waals surface area contributed by atoms with Gasteiger partial charge >= 0.3 is 5.97 Å². The monoisotopic (exact) mass is 459 g/mol. The van der Waals surface area contributed by atoms with Gasteiger partial charge in [0.15, 0.2) is 24.1 Å². The van der Waals surface area contributed by atoms with E-state index in [1.54, 1.807) is 0 Å². The molecule has 0 aromatic heterocycles. The minimum atomic E-state index is -3.67. The molecule has 0 aliphatic heterocycles. The van der Waals surface area contributed by atoms with Gasteiger partial charge in [-0.15, -0.1) is 0 Å². The number of amides is 2. The van der Waals surface area contributed by atoms with Crippen LogP contribution in [-0.2, 0) is 24.3 Å². The van der Waals surface area contributed by atoms with E-state index >= 15 is 0 Å². The molecule has 9 nitrogen and oxygen atoms in total. The van der Waals surface area contributed by atoms with Crippen LogP contribution in [0.15, 0.2) is 36.4 Å². The predicted molar refractivity (Wildman–Crippen MR) is 103 cm³/mol. The Balaban J connectivity index is 1.87. The Kier molecular flexibility index (Phi) is 7.58. The number of hydrogen-bond donors (Lipinski definition) is 3. The summed E-state index contributed by atoms with van der Waals surface area (Å²) in [6, 6.07) is 6.94. The highest BCUT2D eigenvalue weighted by molar-refractivity contribution is 7.92. The lowest BCUT2D eigenvalue weighted by Crippen LogP contribution is -2.35. The molecule has 0 heterocycles. The van der Waals surface area contributed by atoms with E-state index in [9.17, 15) is 36.0 Å². The van der Waals surface area contributed by atoms with Crippen LogP contribution in [-0.4, -0.2) is 45.6 Å². The number of sulfonamides is 1. The zero-order valence-corrected chi connectivity index (χ0v) is 16.7. The van der Waals surface area contributed by atoms with Gasteiger partial charge in [0, 0.05) is 0 Å². The average molecular weight is 459 g/mol. The van der Waals surface area contributed by atoms with E-state index in [0.717, 1.165) is 12.3 Å². The fourth-order valence-electron chi connectivity index (χ4n) is 2.21. The quantitative estimate of drug-likeness (QED) is 0.404. The van der Waals surface area contributed by atoms with Crippen molar-refractivity contribution in [2.24, 2.45) is 0 Å². The van der Waals surface area contributed by atoms with Gasteiger partial charge in [0.2, 0.25) is 15.9 Å². The fourth-order valence-corrected chi connectivity index (χ4v) is 2.78. The number of ether oxygens (including phenoxy) is 1. The van der Waals surface area contributed by atoms with Crippen LogP contribution in [0.4, 0.5) is 24.5 Å². The van der Waals surface area contributed by atoms with E-state index in [2.05, 4.69) is 10.0 Å². The van der Waals surface area contributed by atoms with Gasteiger partial charge in [0.1, 0.15) is 0 Å². The molecule has 166 valence electrons. The third kappa shape index (κ3) is 6.99. The molecule has 0 bridgehead atoms. The Labute approximate surface area is 174 Å². The number of esters is 1. The third-order valence-corrected chi connectivity index (χ3v) is 4.12. The zero-order chi connectivity index (χ0) is 23.2. The highest BCUT2D eigenvalue weighted by Gasteiger charge is 2.18. The summed E-state index contributed by atoms with van der Waals surface area (Å²) >= 11 is 0. The van der Waals surface area contributed by atoms with Crippen molar-refractivity contribution in [1.29, 1.82) is 0 Å². The van der Waals surface area contributed by atoms with Crippen LogP contribution >= 0.6 is 0 Å². The normalized spacial score (nSPS) is 10.8. The summed E-state index contributed by atoms with van der Waals surface area (Å²) < 4.78 is 69.1. The number of rotatable bonds is 8. The summed E-state index contributed by atoms with van der Waals surface area (Å²) in [7, 11) is -3.67. The van der Waals surface area contributed by atoms with E-state index < -0.39 is 64.1 Å². The first-order valence-corrected chi connectivity index (χ1v) is 10.3. The summed E-state index contributed by atoms with van der Waals surface area (Å²) in [6.07, 6.45) is 0.889. The van der Waals surface area contributed by atoms with Gasteiger partial charge in [-0.1, -0.05) is 12.1 Å². The molecule has 0 aliphatic carbocycles. The molecule has 13 heteroatoms. The molecule has 0 spiro atoms. The molecule has 0 radical (unpaired) electrons. The number of carbonyl (C=O) groups is 3. The lowest BCUT2D eigenvalue weighted by atomic mass is 10.2. The van der Waals surface area contributed by atoms with Gasteiger partial charge in [-0.25, -0.2) is 26.4 Å². The summed E-state index contributed by atoms with van der Waals surface area (Å²) in [5.41, 5.74) is -0.824. The Morgan fingerprint density at radius 3 is 2.29 bits per heavy atom. The zero-order valence-electron chi connectivity index (χ0n) is 15.9. The highest BCUT2D eigenvalue weighted by atomic mass is 32.2. The van der Waals surface area contributed by atoms with Crippen LogP contribution in [0.5, 0.6) is 0 Å². The molecular formula is C18H16F3N3O6S. The molecule has 31 heavy (non-hydrogen) atoms. The number of para-hydroxylation sites is 1. The van der Waals surface area contributed by atoms with Crippen LogP contribution in [0.2, 0.25) is 0 Å². The van der Waals surface area contributed by atoms with Gasteiger partial charge in [-0.3, -0.25) is 14.3 Å². The van der Waals surface area contributed by atoms with Crippen LogP contribution in [0.1, 0.15) is 10.4 Å². The molecule has 3 N–H and O–H groups in total. The van der Waals surface area contributed by atoms with Crippen molar-refractivity contribution in [3.63, 3.8) is 0 Å². The molecule has 0 saturated carbocycles. The molecule has 2 aromatic carbocycles. The molecule has 0 unspecified atom stereocenters. The first-order chi connectivity index (χ1) is 14.5. The molecule has 0 fully saturated rings.